The predicted octanol–water partition coefficient (Wildman–Crippen LogP) is 0.245. The van der Waals surface area contributed by atoms with Gasteiger partial charge in [0.2, 0.25) is 15.9 Å². The van der Waals surface area contributed by atoms with E-state index in [0.29, 0.717) is 13.0 Å². The van der Waals surface area contributed by atoms with Crippen LogP contribution < -0.4 is 10.1 Å². The van der Waals surface area contributed by atoms with Crippen molar-refractivity contribution >= 4 is 15.9 Å². The molecule has 0 saturated carbocycles. The van der Waals surface area contributed by atoms with Gasteiger partial charge >= 0.3 is 0 Å². The average Bonchev–Trinajstić information content (AvgIpc) is 2.46. The molecule has 2 rings (SSSR count). The number of rotatable bonds is 5. The molecule has 1 atom stereocenters. The minimum Gasteiger partial charge on any atom is -0.492 e. The van der Waals surface area contributed by atoms with Crippen LogP contribution in [0.5, 0.6) is 5.75 Å². The number of nitrogens with one attached hydrogen (secondary N) is 1. The van der Waals surface area contributed by atoms with E-state index in [2.05, 4.69) is 5.32 Å². The topological polar surface area (TPSA) is 75.7 Å². The zero-order valence-corrected chi connectivity index (χ0v) is 13.0. The van der Waals surface area contributed by atoms with Crippen LogP contribution in [0, 0.1) is 5.92 Å². The molecule has 0 spiro atoms. The van der Waals surface area contributed by atoms with Gasteiger partial charge in [0.05, 0.1) is 11.7 Å². The molecule has 0 saturated heterocycles. The Bertz CT molecular complexity index is 613. The minimum atomic E-state index is -3.29. The number of fused-ring (bicyclic) bond motifs is 1. The van der Waals surface area contributed by atoms with Crippen molar-refractivity contribution in [1.82, 2.24) is 9.62 Å². The van der Waals surface area contributed by atoms with Gasteiger partial charge in [-0.3, -0.25) is 4.79 Å². The number of benzene rings is 1. The summed E-state index contributed by atoms with van der Waals surface area (Å²) in [6.07, 6.45) is 0.614. The Morgan fingerprint density at radius 1 is 1.38 bits per heavy atom. The number of nitrogens with zero attached hydrogens (tertiary/aromatic N) is 1. The van der Waals surface area contributed by atoms with Gasteiger partial charge in [0.1, 0.15) is 12.4 Å². The SMILES string of the molecule is CN(C)S(=O)(=O)CCNC(=O)[C@H]1COc2ccccc2C1. The maximum atomic E-state index is 12.1. The van der Waals surface area contributed by atoms with Gasteiger partial charge in [0, 0.05) is 20.6 Å². The van der Waals surface area contributed by atoms with Gasteiger partial charge in [-0.25, -0.2) is 12.7 Å². The summed E-state index contributed by atoms with van der Waals surface area (Å²) < 4.78 is 29.9. The first-order chi connectivity index (χ1) is 9.90. The van der Waals surface area contributed by atoms with E-state index in [-0.39, 0.29) is 24.1 Å². The van der Waals surface area contributed by atoms with Crippen LogP contribution in [0.4, 0.5) is 0 Å². The lowest BCUT2D eigenvalue weighted by atomic mass is 9.96. The zero-order valence-electron chi connectivity index (χ0n) is 12.2. The molecule has 6 nitrogen and oxygen atoms in total. The van der Waals surface area contributed by atoms with E-state index in [0.717, 1.165) is 15.6 Å². The highest BCUT2D eigenvalue weighted by molar-refractivity contribution is 7.89. The third-order valence-corrected chi connectivity index (χ3v) is 5.30. The van der Waals surface area contributed by atoms with Gasteiger partial charge in [-0.05, 0) is 18.1 Å². The summed E-state index contributed by atoms with van der Waals surface area (Å²) in [7, 11) is -0.335. The molecule has 21 heavy (non-hydrogen) atoms. The van der Waals surface area contributed by atoms with E-state index in [1.54, 1.807) is 0 Å². The maximum absolute atomic E-state index is 12.1. The number of carbonyl (C=O) groups excluding carboxylic acids is 1. The fourth-order valence-electron chi connectivity index (χ4n) is 2.13. The van der Waals surface area contributed by atoms with E-state index in [9.17, 15) is 13.2 Å². The first-order valence-electron chi connectivity index (χ1n) is 6.79. The summed E-state index contributed by atoms with van der Waals surface area (Å²) >= 11 is 0. The van der Waals surface area contributed by atoms with Crippen molar-refractivity contribution in [3.8, 4) is 5.75 Å². The van der Waals surface area contributed by atoms with Gasteiger partial charge in [0.15, 0.2) is 0 Å². The molecular formula is C14H20N2O4S. The van der Waals surface area contributed by atoms with Crippen molar-refractivity contribution in [3.05, 3.63) is 29.8 Å². The molecule has 0 aromatic heterocycles. The normalized spacial score (nSPS) is 18.0. The fourth-order valence-corrected chi connectivity index (χ4v) is 2.85. The quantitative estimate of drug-likeness (QED) is 0.845. The second-order valence-electron chi connectivity index (χ2n) is 5.21. The van der Waals surface area contributed by atoms with Crippen molar-refractivity contribution < 1.29 is 17.9 Å². The van der Waals surface area contributed by atoms with Crippen molar-refractivity contribution in [2.24, 2.45) is 5.92 Å². The highest BCUT2D eigenvalue weighted by atomic mass is 32.2. The Morgan fingerprint density at radius 2 is 2.10 bits per heavy atom. The molecule has 1 aliphatic rings. The summed E-state index contributed by atoms with van der Waals surface area (Å²) in [5, 5.41) is 2.67. The minimum absolute atomic E-state index is 0.101. The van der Waals surface area contributed by atoms with E-state index >= 15 is 0 Å². The van der Waals surface area contributed by atoms with Crippen LogP contribution in [0.25, 0.3) is 0 Å². The lowest BCUT2D eigenvalue weighted by molar-refractivity contribution is -0.126. The highest BCUT2D eigenvalue weighted by Crippen LogP contribution is 2.26. The first-order valence-corrected chi connectivity index (χ1v) is 8.39. The molecule has 0 fully saturated rings. The summed E-state index contributed by atoms with van der Waals surface area (Å²) in [6, 6.07) is 7.62. The Morgan fingerprint density at radius 3 is 2.81 bits per heavy atom. The van der Waals surface area contributed by atoms with E-state index < -0.39 is 10.0 Å². The third-order valence-electron chi connectivity index (χ3n) is 3.47. The molecule has 1 amide bonds. The molecule has 1 aliphatic heterocycles. The Hall–Kier alpha value is -1.60. The molecule has 7 heteroatoms. The van der Waals surface area contributed by atoms with Crippen LogP contribution in [0.2, 0.25) is 0 Å². The molecule has 116 valence electrons. The second-order valence-corrected chi connectivity index (χ2v) is 7.51. The third kappa shape index (κ3) is 3.95. The number of hydrogen-bond acceptors (Lipinski definition) is 4. The van der Waals surface area contributed by atoms with Crippen LogP contribution in [-0.4, -0.2) is 51.6 Å². The van der Waals surface area contributed by atoms with Crippen LogP contribution >= 0.6 is 0 Å². The standard InChI is InChI=1S/C14H20N2O4S/c1-16(2)21(18,19)8-7-15-14(17)12-9-11-5-3-4-6-13(11)20-10-12/h3-6,12H,7-10H2,1-2H3,(H,15,17)/t12-/m1/s1. The number of para-hydroxylation sites is 1. The number of ether oxygens (including phenoxy) is 1. The van der Waals surface area contributed by atoms with Crippen molar-refractivity contribution in [3.63, 3.8) is 0 Å². The number of sulfonamides is 1. The Kier molecular flexibility index (Phi) is 4.84. The monoisotopic (exact) mass is 312 g/mol. The summed E-state index contributed by atoms with van der Waals surface area (Å²) in [5.74, 6) is 0.271. The summed E-state index contributed by atoms with van der Waals surface area (Å²) in [4.78, 5) is 12.1. The molecule has 1 aromatic carbocycles. The molecular weight excluding hydrogens is 292 g/mol. The highest BCUT2D eigenvalue weighted by Gasteiger charge is 2.25. The maximum Gasteiger partial charge on any atom is 0.226 e. The Labute approximate surface area is 125 Å². The Balaban J connectivity index is 1.86. The lowest BCUT2D eigenvalue weighted by Crippen LogP contribution is -2.40. The van der Waals surface area contributed by atoms with Crippen LogP contribution in [-0.2, 0) is 21.2 Å². The van der Waals surface area contributed by atoms with Crippen molar-refractivity contribution in [2.75, 3.05) is 33.0 Å². The van der Waals surface area contributed by atoms with E-state index in [1.165, 1.54) is 14.1 Å². The smallest absolute Gasteiger partial charge is 0.226 e. The van der Waals surface area contributed by atoms with Gasteiger partial charge in [-0.1, -0.05) is 18.2 Å². The summed E-state index contributed by atoms with van der Waals surface area (Å²) in [6.45, 7) is 0.431. The zero-order chi connectivity index (χ0) is 15.5. The number of hydrogen-bond donors (Lipinski definition) is 1. The van der Waals surface area contributed by atoms with Crippen LogP contribution in [0.3, 0.4) is 0 Å². The van der Waals surface area contributed by atoms with Crippen molar-refractivity contribution in [1.29, 1.82) is 0 Å². The van der Waals surface area contributed by atoms with Gasteiger partial charge in [-0.15, -0.1) is 0 Å². The molecule has 0 aliphatic carbocycles. The molecule has 1 aromatic rings. The predicted molar refractivity (Wildman–Crippen MR) is 79.6 cm³/mol. The lowest BCUT2D eigenvalue weighted by Gasteiger charge is -2.24. The van der Waals surface area contributed by atoms with Crippen LogP contribution in [0.1, 0.15) is 5.56 Å². The van der Waals surface area contributed by atoms with Gasteiger partial charge in [-0.2, -0.15) is 0 Å². The molecule has 0 unspecified atom stereocenters. The molecule has 1 N–H and O–H groups in total. The number of carbonyl (C=O) groups is 1. The average molecular weight is 312 g/mol. The van der Waals surface area contributed by atoms with E-state index in [1.807, 2.05) is 24.3 Å². The summed E-state index contributed by atoms with van der Waals surface area (Å²) in [5.41, 5.74) is 1.00. The van der Waals surface area contributed by atoms with E-state index in [4.69, 9.17) is 4.74 Å². The van der Waals surface area contributed by atoms with Crippen LogP contribution in [0.15, 0.2) is 24.3 Å². The number of amides is 1. The van der Waals surface area contributed by atoms with Gasteiger partial charge in [0.25, 0.3) is 0 Å². The molecule has 1 heterocycles. The second kappa shape index (κ2) is 6.44. The van der Waals surface area contributed by atoms with Gasteiger partial charge < -0.3 is 10.1 Å². The van der Waals surface area contributed by atoms with Crippen molar-refractivity contribution in [2.45, 2.75) is 6.42 Å². The molecule has 0 bridgehead atoms. The first kappa shape index (κ1) is 15.8. The largest absolute Gasteiger partial charge is 0.492 e. The molecule has 0 radical (unpaired) electrons. The fraction of sp³-hybridized carbons (Fsp3) is 0.500.